The maximum Gasteiger partial charge on any atom is 0.279 e. The van der Waals surface area contributed by atoms with Crippen LogP contribution in [0, 0.1) is 19.7 Å². The number of nitrogens with zero attached hydrogens (tertiary/aromatic N) is 1. The largest absolute Gasteiger partial charge is 0.338 e. The molecule has 0 aromatic heterocycles. The monoisotopic (exact) mass is 401 g/mol. The van der Waals surface area contributed by atoms with E-state index in [0.29, 0.717) is 17.3 Å². The number of amides is 1. The van der Waals surface area contributed by atoms with Crippen molar-refractivity contribution in [3.05, 3.63) is 59.4 Å². The third-order valence-corrected chi connectivity index (χ3v) is 5.39. The first-order valence-corrected chi connectivity index (χ1v) is 9.85. The molecule has 2 aromatic rings. The molecule has 1 fully saturated rings. The summed E-state index contributed by atoms with van der Waals surface area (Å²) < 4.78 is 13.8. The summed E-state index contributed by atoms with van der Waals surface area (Å²) in [6.07, 6.45) is 0. The zero-order chi connectivity index (χ0) is 20.1. The zero-order valence-corrected chi connectivity index (χ0v) is 17.0. The minimum Gasteiger partial charge on any atom is -0.338 e. The Hall–Kier alpha value is -2.51. The van der Waals surface area contributed by atoms with E-state index in [1.54, 1.807) is 18.2 Å². The van der Waals surface area contributed by atoms with E-state index < -0.39 is 0 Å². The molecular formula is C21H26FN4OS+. The number of quaternary nitrogens is 1. The van der Waals surface area contributed by atoms with Crippen molar-refractivity contribution in [1.82, 2.24) is 4.90 Å². The average molecular weight is 402 g/mol. The number of para-hydroxylation sites is 2. The predicted octanol–water partition coefficient (Wildman–Crippen LogP) is 1.98. The molecule has 1 saturated heterocycles. The number of benzene rings is 2. The Bertz CT molecular complexity index is 845. The van der Waals surface area contributed by atoms with Crippen LogP contribution < -0.4 is 15.5 Å². The number of anilines is 2. The van der Waals surface area contributed by atoms with Crippen molar-refractivity contribution in [3.63, 3.8) is 0 Å². The van der Waals surface area contributed by atoms with Crippen LogP contribution in [0.3, 0.4) is 0 Å². The van der Waals surface area contributed by atoms with E-state index in [9.17, 15) is 9.18 Å². The number of piperazine rings is 1. The molecule has 1 aliphatic heterocycles. The molecule has 0 bridgehead atoms. The van der Waals surface area contributed by atoms with Gasteiger partial charge in [0.2, 0.25) is 0 Å². The van der Waals surface area contributed by atoms with Crippen LogP contribution in [0.1, 0.15) is 11.1 Å². The van der Waals surface area contributed by atoms with E-state index in [0.717, 1.165) is 43.0 Å². The number of halogens is 1. The first kappa shape index (κ1) is 20.2. The third-order valence-electron chi connectivity index (χ3n) is 5.03. The zero-order valence-electron chi connectivity index (χ0n) is 16.2. The lowest BCUT2D eigenvalue weighted by Crippen LogP contribution is -3.15. The molecule has 1 amide bonds. The van der Waals surface area contributed by atoms with Crippen LogP contribution in [-0.4, -0.2) is 48.6 Å². The molecule has 0 radical (unpaired) electrons. The molecule has 5 nitrogen and oxygen atoms in total. The fraction of sp³-hybridized carbons (Fsp3) is 0.333. The summed E-state index contributed by atoms with van der Waals surface area (Å²) in [6, 6.07) is 12.5. The minimum atomic E-state index is -0.322. The number of nitrogens with one attached hydrogen (secondary N) is 3. The maximum absolute atomic E-state index is 13.8. The molecule has 148 valence electrons. The second-order valence-electron chi connectivity index (χ2n) is 7.14. The number of carbonyl (C=O) groups excluding carboxylic acids is 1. The Labute approximate surface area is 170 Å². The van der Waals surface area contributed by atoms with Gasteiger partial charge in [0.15, 0.2) is 11.7 Å². The Balaban J connectivity index is 1.48. The van der Waals surface area contributed by atoms with E-state index in [2.05, 4.69) is 10.6 Å². The van der Waals surface area contributed by atoms with Crippen LogP contribution >= 0.6 is 12.2 Å². The lowest BCUT2D eigenvalue weighted by Gasteiger charge is -2.33. The Morgan fingerprint density at radius 2 is 1.71 bits per heavy atom. The van der Waals surface area contributed by atoms with Gasteiger partial charge in [-0.3, -0.25) is 4.79 Å². The van der Waals surface area contributed by atoms with Crippen molar-refractivity contribution in [1.29, 1.82) is 0 Å². The second-order valence-corrected chi connectivity index (χ2v) is 7.53. The van der Waals surface area contributed by atoms with E-state index in [-0.39, 0.29) is 11.7 Å². The Morgan fingerprint density at radius 1 is 1.07 bits per heavy atom. The Morgan fingerprint density at radius 3 is 2.36 bits per heavy atom. The van der Waals surface area contributed by atoms with Crippen LogP contribution in [0.4, 0.5) is 15.8 Å². The lowest BCUT2D eigenvalue weighted by atomic mass is 10.1. The van der Waals surface area contributed by atoms with Gasteiger partial charge in [-0.25, -0.2) is 4.39 Å². The van der Waals surface area contributed by atoms with Gasteiger partial charge in [-0.1, -0.05) is 30.3 Å². The van der Waals surface area contributed by atoms with Crippen molar-refractivity contribution in [2.75, 3.05) is 43.4 Å². The topological polar surface area (TPSA) is 48.8 Å². The number of rotatable bonds is 4. The normalized spacial score (nSPS) is 14.6. The number of aryl methyl sites for hydroxylation is 2. The van der Waals surface area contributed by atoms with Gasteiger partial charge in [0.1, 0.15) is 5.82 Å². The van der Waals surface area contributed by atoms with Gasteiger partial charge in [-0.15, -0.1) is 0 Å². The van der Waals surface area contributed by atoms with Gasteiger partial charge in [-0.2, -0.15) is 0 Å². The number of hydrogen-bond acceptors (Lipinski definition) is 2. The van der Waals surface area contributed by atoms with Crippen LogP contribution in [0.25, 0.3) is 0 Å². The van der Waals surface area contributed by atoms with Gasteiger partial charge in [0, 0.05) is 5.69 Å². The maximum atomic E-state index is 13.8. The van der Waals surface area contributed by atoms with Crippen molar-refractivity contribution >= 4 is 34.6 Å². The predicted molar refractivity (Wildman–Crippen MR) is 114 cm³/mol. The summed E-state index contributed by atoms with van der Waals surface area (Å²) >= 11 is 5.42. The molecule has 0 unspecified atom stereocenters. The molecule has 1 aliphatic rings. The van der Waals surface area contributed by atoms with Crippen molar-refractivity contribution in [3.8, 4) is 0 Å². The molecule has 2 aromatic carbocycles. The highest BCUT2D eigenvalue weighted by Crippen LogP contribution is 2.19. The number of hydrogen-bond donors (Lipinski definition) is 3. The van der Waals surface area contributed by atoms with Crippen molar-refractivity contribution in [2.24, 2.45) is 0 Å². The van der Waals surface area contributed by atoms with Gasteiger partial charge in [-0.05, 0) is 49.3 Å². The molecule has 7 heteroatoms. The van der Waals surface area contributed by atoms with Gasteiger partial charge < -0.3 is 20.4 Å². The summed E-state index contributed by atoms with van der Waals surface area (Å²) in [5.41, 5.74) is 3.42. The van der Waals surface area contributed by atoms with Gasteiger partial charge >= 0.3 is 0 Å². The summed E-state index contributed by atoms with van der Waals surface area (Å²) in [4.78, 5) is 15.7. The quantitative estimate of drug-likeness (QED) is 0.686. The standard InChI is InChI=1S/C21H25FN4OS/c1-15-6-5-7-16(2)20(15)24-19(27)14-25-10-12-26(13-11-25)21(28)23-18-9-4-3-8-17(18)22/h3-9H,10-14H2,1-2H3,(H,23,28)(H,24,27)/p+1. The summed E-state index contributed by atoms with van der Waals surface area (Å²) in [6.45, 7) is 7.49. The van der Waals surface area contributed by atoms with E-state index in [1.807, 2.05) is 36.9 Å². The van der Waals surface area contributed by atoms with Gasteiger partial charge in [0.25, 0.3) is 5.91 Å². The molecule has 1 heterocycles. The van der Waals surface area contributed by atoms with Crippen molar-refractivity contribution in [2.45, 2.75) is 13.8 Å². The van der Waals surface area contributed by atoms with E-state index >= 15 is 0 Å². The van der Waals surface area contributed by atoms with E-state index in [1.165, 1.54) is 11.0 Å². The van der Waals surface area contributed by atoms with Crippen LogP contribution in [0.2, 0.25) is 0 Å². The summed E-state index contributed by atoms with van der Waals surface area (Å²) in [5, 5.41) is 6.54. The first-order chi connectivity index (χ1) is 13.4. The van der Waals surface area contributed by atoms with Crippen molar-refractivity contribution < 1.29 is 14.1 Å². The second kappa shape index (κ2) is 9.12. The lowest BCUT2D eigenvalue weighted by molar-refractivity contribution is -0.895. The average Bonchev–Trinajstić information content (AvgIpc) is 2.67. The fourth-order valence-electron chi connectivity index (χ4n) is 3.38. The third kappa shape index (κ3) is 5.05. The first-order valence-electron chi connectivity index (χ1n) is 9.44. The smallest absolute Gasteiger partial charge is 0.279 e. The molecule has 28 heavy (non-hydrogen) atoms. The molecule has 0 aliphatic carbocycles. The molecule has 3 N–H and O–H groups in total. The molecule has 3 rings (SSSR count). The SMILES string of the molecule is Cc1cccc(C)c1NC(=O)C[NH+]1CCN(C(=S)Nc2ccccc2F)CC1. The van der Waals surface area contributed by atoms with Crippen LogP contribution in [-0.2, 0) is 4.79 Å². The van der Waals surface area contributed by atoms with Crippen LogP contribution in [0.5, 0.6) is 0 Å². The number of carbonyl (C=O) groups is 1. The summed E-state index contributed by atoms with van der Waals surface area (Å²) in [7, 11) is 0. The number of thiocarbonyl (C=S) groups is 1. The molecule has 0 saturated carbocycles. The molecule has 0 atom stereocenters. The fourth-order valence-corrected chi connectivity index (χ4v) is 3.67. The highest BCUT2D eigenvalue weighted by molar-refractivity contribution is 7.80. The van der Waals surface area contributed by atoms with E-state index in [4.69, 9.17) is 12.2 Å². The van der Waals surface area contributed by atoms with Crippen LogP contribution in [0.15, 0.2) is 42.5 Å². The minimum absolute atomic E-state index is 0.0212. The Kier molecular flexibility index (Phi) is 6.59. The highest BCUT2D eigenvalue weighted by atomic mass is 32.1. The molecule has 0 spiro atoms. The summed E-state index contributed by atoms with van der Waals surface area (Å²) in [5.74, 6) is -0.301. The highest BCUT2D eigenvalue weighted by Gasteiger charge is 2.24. The van der Waals surface area contributed by atoms with Gasteiger partial charge in [0.05, 0.1) is 31.9 Å². The molecular weight excluding hydrogens is 375 g/mol.